The van der Waals surface area contributed by atoms with Crippen molar-refractivity contribution in [1.82, 2.24) is 9.62 Å². The van der Waals surface area contributed by atoms with Crippen LogP contribution < -0.4 is 11.1 Å². The third kappa shape index (κ3) is 4.99. The maximum absolute atomic E-state index is 13.8. The van der Waals surface area contributed by atoms with Crippen molar-refractivity contribution < 1.29 is 17.6 Å². The molecule has 0 aromatic heterocycles. The Morgan fingerprint density at radius 3 is 2.79 bits per heavy atom. The van der Waals surface area contributed by atoms with E-state index >= 15 is 0 Å². The zero-order valence-electron chi connectivity index (χ0n) is 13.6. The summed E-state index contributed by atoms with van der Waals surface area (Å²) in [7, 11) is -3.65. The SMILES string of the molecule is NCCC(=O)NCC1CCCCN1S(=O)(=O)Cc1ccccc1F. The second kappa shape index (κ2) is 8.55. The van der Waals surface area contributed by atoms with Crippen molar-refractivity contribution in [2.75, 3.05) is 19.6 Å². The van der Waals surface area contributed by atoms with E-state index in [-0.39, 0.29) is 42.8 Å². The molecule has 0 radical (unpaired) electrons. The number of halogens is 1. The Bertz CT molecular complexity index is 666. The predicted molar refractivity (Wildman–Crippen MR) is 90.0 cm³/mol. The van der Waals surface area contributed by atoms with E-state index in [0.29, 0.717) is 13.0 Å². The molecule has 8 heteroatoms. The third-order valence-electron chi connectivity index (χ3n) is 4.13. The number of sulfonamides is 1. The van der Waals surface area contributed by atoms with Crippen LogP contribution in [0.1, 0.15) is 31.2 Å². The summed E-state index contributed by atoms with van der Waals surface area (Å²) in [4.78, 5) is 11.6. The summed E-state index contributed by atoms with van der Waals surface area (Å²) < 4.78 is 40.6. The summed E-state index contributed by atoms with van der Waals surface area (Å²) in [5, 5.41) is 2.73. The molecule has 24 heavy (non-hydrogen) atoms. The van der Waals surface area contributed by atoms with Gasteiger partial charge in [0.05, 0.1) is 5.75 Å². The molecule has 1 fully saturated rings. The number of nitrogens with two attached hydrogens (primary N) is 1. The molecular formula is C16H24FN3O3S. The van der Waals surface area contributed by atoms with Gasteiger partial charge in [0.1, 0.15) is 5.82 Å². The largest absolute Gasteiger partial charge is 0.354 e. The Labute approximate surface area is 142 Å². The van der Waals surface area contributed by atoms with Crippen LogP contribution in [0, 0.1) is 5.82 Å². The lowest BCUT2D eigenvalue weighted by Crippen LogP contribution is -2.49. The van der Waals surface area contributed by atoms with Gasteiger partial charge in [-0.25, -0.2) is 12.8 Å². The van der Waals surface area contributed by atoms with Crippen LogP contribution in [-0.2, 0) is 20.6 Å². The normalized spacial score (nSPS) is 19.2. The number of rotatable bonds is 7. The quantitative estimate of drug-likeness (QED) is 0.761. The maximum atomic E-state index is 13.8. The molecule has 1 aromatic rings. The summed E-state index contributed by atoms with van der Waals surface area (Å²) in [5.74, 6) is -1.08. The molecule has 1 aliphatic heterocycles. The molecule has 2 rings (SSSR count). The van der Waals surface area contributed by atoms with Crippen LogP contribution in [-0.4, -0.2) is 44.3 Å². The second-order valence-electron chi connectivity index (χ2n) is 5.95. The molecule has 1 aliphatic rings. The van der Waals surface area contributed by atoms with Crippen molar-refractivity contribution in [2.24, 2.45) is 5.73 Å². The van der Waals surface area contributed by atoms with E-state index < -0.39 is 15.8 Å². The Morgan fingerprint density at radius 2 is 2.08 bits per heavy atom. The summed E-state index contributed by atoms with van der Waals surface area (Å²) in [6, 6.07) is 5.59. The zero-order valence-corrected chi connectivity index (χ0v) is 14.4. The molecule has 1 amide bonds. The summed E-state index contributed by atoms with van der Waals surface area (Å²) in [5.41, 5.74) is 5.49. The van der Waals surface area contributed by atoms with Gasteiger partial charge in [-0.2, -0.15) is 4.31 Å². The Hall–Kier alpha value is -1.51. The van der Waals surface area contributed by atoms with Crippen molar-refractivity contribution in [3.05, 3.63) is 35.6 Å². The van der Waals surface area contributed by atoms with Crippen LogP contribution in [0.15, 0.2) is 24.3 Å². The average Bonchev–Trinajstić information content (AvgIpc) is 2.55. The van der Waals surface area contributed by atoms with Gasteiger partial charge in [0.15, 0.2) is 0 Å². The van der Waals surface area contributed by atoms with Gasteiger partial charge in [-0.3, -0.25) is 4.79 Å². The maximum Gasteiger partial charge on any atom is 0.221 e. The van der Waals surface area contributed by atoms with Crippen LogP contribution >= 0.6 is 0 Å². The van der Waals surface area contributed by atoms with Gasteiger partial charge in [-0.05, 0) is 18.9 Å². The van der Waals surface area contributed by atoms with Gasteiger partial charge in [0.2, 0.25) is 15.9 Å². The number of carbonyl (C=O) groups excluding carboxylic acids is 1. The van der Waals surface area contributed by atoms with Crippen LogP contribution in [0.2, 0.25) is 0 Å². The average molecular weight is 357 g/mol. The molecule has 1 unspecified atom stereocenters. The fourth-order valence-corrected chi connectivity index (χ4v) is 4.72. The minimum atomic E-state index is -3.65. The number of hydrogen-bond acceptors (Lipinski definition) is 4. The molecular weight excluding hydrogens is 333 g/mol. The van der Waals surface area contributed by atoms with Crippen molar-refractivity contribution in [3.63, 3.8) is 0 Å². The third-order valence-corrected chi connectivity index (χ3v) is 6.00. The van der Waals surface area contributed by atoms with Crippen molar-refractivity contribution >= 4 is 15.9 Å². The first kappa shape index (κ1) is 18.8. The molecule has 6 nitrogen and oxygen atoms in total. The molecule has 1 aromatic carbocycles. The lowest BCUT2D eigenvalue weighted by molar-refractivity contribution is -0.121. The fraction of sp³-hybridized carbons (Fsp3) is 0.562. The van der Waals surface area contributed by atoms with Gasteiger partial charge in [0.25, 0.3) is 0 Å². The van der Waals surface area contributed by atoms with Gasteiger partial charge in [0, 0.05) is 37.7 Å². The Balaban J connectivity index is 2.07. The molecule has 3 N–H and O–H groups in total. The highest BCUT2D eigenvalue weighted by Gasteiger charge is 2.32. The molecule has 1 saturated heterocycles. The molecule has 0 aliphatic carbocycles. The lowest BCUT2D eigenvalue weighted by Gasteiger charge is -2.34. The van der Waals surface area contributed by atoms with Crippen LogP contribution in [0.4, 0.5) is 4.39 Å². The first-order valence-electron chi connectivity index (χ1n) is 8.13. The number of nitrogens with zero attached hydrogens (tertiary/aromatic N) is 1. The topological polar surface area (TPSA) is 92.5 Å². The summed E-state index contributed by atoms with van der Waals surface area (Å²) >= 11 is 0. The first-order valence-corrected chi connectivity index (χ1v) is 9.74. The smallest absolute Gasteiger partial charge is 0.221 e. The molecule has 0 saturated carbocycles. The van der Waals surface area contributed by atoms with Crippen LogP contribution in [0.25, 0.3) is 0 Å². The van der Waals surface area contributed by atoms with Gasteiger partial charge < -0.3 is 11.1 Å². The van der Waals surface area contributed by atoms with Gasteiger partial charge in [-0.1, -0.05) is 24.6 Å². The van der Waals surface area contributed by atoms with Crippen LogP contribution in [0.5, 0.6) is 0 Å². The van der Waals surface area contributed by atoms with E-state index in [9.17, 15) is 17.6 Å². The molecule has 1 atom stereocenters. The number of benzene rings is 1. The minimum Gasteiger partial charge on any atom is -0.354 e. The summed E-state index contributed by atoms with van der Waals surface area (Å²) in [6.45, 7) is 0.912. The van der Waals surface area contributed by atoms with Gasteiger partial charge >= 0.3 is 0 Å². The zero-order chi connectivity index (χ0) is 17.6. The van der Waals surface area contributed by atoms with E-state index in [1.54, 1.807) is 6.07 Å². The molecule has 0 bridgehead atoms. The van der Waals surface area contributed by atoms with Crippen molar-refractivity contribution in [2.45, 2.75) is 37.5 Å². The standard InChI is InChI=1S/C16H24FN3O3S/c17-15-7-2-1-5-13(15)12-24(22,23)20-10-4-3-6-14(20)11-19-16(21)8-9-18/h1-2,5,7,14H,3-4,6,8-12,18H2,(H,19,21). The van der Waals surface area contributed by atoms with Crippen molar-refractivity contribution in [3.8, 4) is 0 Å². The highest BCUT2D eigenvalue weighted by molar-refractivity contribution is 7.88. The van der Waals surface area contributed by atoms with E-state index in [1.165, 1.54) is 22.5 Å². The predicted octanol–water partition coefficient (Wildman–Crippen LogP) is 0.975. The lowest BCUT2D eigenvalue weighted by atomic mass is 10.1. The first-order chi connectivity index (χ1) is 11.4. The molecule has 0 spiro atoms. The number of hydrogen-bond donors (Lipinski definition) is 2. The number of amides is 1. The Kier molecular flexibility index (Phi) is 6.70. The fourth-order valence-electron chi connectivity index (χ4n) is 2.89. The van der Waals surface area contributed by atoms with E-state index in [0.717, 1.165) is 12.8 Å². The highest BCUT2D eigenvalue weighted by atomic mass is 32.2. The molecule has 134 valence electrons. The summed E-state index contributed by atoms with van der Waals surface area (Å²) in [6.07, 6.45) is 2.57. The van der Waals surface area contributed by atoms with E-state index in [2.05, 4.69) is 5.32 Å². The number of nitrogens with one attached hydrogen (secondary N) is 1. The molecule has 1 heterocycles. The number of carbonyl (C=O) groups is 1. The second-order valence-corrected chi connectivity index (χ2v) is 7.87. The number of piperidine rings is 1. The minimum absolute atomic E-state index is 0.161. The van der Waals surface area contributed by atoms with Gasteiger partial charge in [-0.15, -0.1) is 0 Å². The van der Waals surface area contributed by atoms with E-state index in [4.69, 9.17) is 5.73 Å². The van der Waals surface area contributed by atoms with E-state index in [1.807, 2.05) is 0 Å². The monoisotopic (exact) mass is 357 g/mol. The Morgan fingerprint density at radius 1 is 1.33 bits per heavy atom. The highest BCUT2D eigenvalue weighted by Crippen LogP contribution is 2.23. The van der Waals surface area contributed by atoms with Crippen LogP contribution in [0.3, 0.4) is 0 Å². The van der Waals surface area contributed by atoms with Crippen molar-refractivity contribution in [1.29, 1.82) is 0 Å².